The van der Waals surface area contributed by atoms with Crippen LogP contribution in [0.3, 0.4) is 0 Å². The first-order valence-corrected chi connectivity index (χ1v) is 29.5. The Balaban J connectivity index is 2.25. The summed E-state index contributed by atoms with van der Waals surface area (Å²) in [7, 11) is 0. The fourth-order valence-corrected chi connectivity index (χ4v) is 9.44. The van der Waals surface area contributed by atoms with Crippen LogP contribution in [-0.2, 0) is 6.42 Å². The second kappa shape index (κ2) is 51.6. The van der Waals surface area contributed by atoms with Crippen molar-refractivity contribution >= 4 is 11.9 Å². The third-order valence-corrected chi connectivity index (χ3v) is 13.8. The molecule has 0 atom stereocenters. The SMILES string of the molecule is CCCCCCCCCCCCCCCCCCCc1nc(NCCCCCCCCCCCCCCCCCC)nc(NCCCCCCCCCCCCCCCCCC)n1. The lowest BCUT2D eigenvalue weighted by molar-refractivity contribution is 0.526. The summed E-state index contributed by atoms with van der Waals surface area (Å²) in [5.41, 5.74) is 0. The topological polar surface area (TPSA) is 62.7 Å². The van der Waals surface area contributed by atoms with Crippen LogP contribution in [0.25, 0.3) is 0 Å². The second-order valence-corrected chi connectivity index (χ2v) is 20.3. The molecule has 0 spiro atoms. The maximum atomic E-state index is 4.91. The quantitative estimate of drug-likeness (QED) is 0.0638. The predicted molar refractivity (Wildman–Crippen MR) is 284 cm³/mol. The summed E-state index contributed by atoms with van der Waals surface area (Å²) in [4.78, 5) is 14.7. The molecule has 0 aromatic carbocycles. The minimum Gasteiger partial charge on any atom is -0.354 e. The Bertz CT molecular complexity index is 863. The lowest BCUT2D eigenvalue weighted by Gasteiger charge is -2.11. The van der Waals surface area contributed by atoms with E-state index in [1.54, 1.807) is 0 Å². The van der Waals surface area contributed by atoms with Gasteiger partial charge in [-0.1, -0.05) is 316 Å². The summed E-state index contributed by atoms with van der Waals surface area (Å²) in [6, 6.07) is 0. The van der Waals surface area contributed by atoms with Crippen molar-refractivity contribution in [3.8, 4) is 0 Å². The first kappa shape index (κ1) is 59.6. The van der Waals surface area contributed by atoms with Gasteiger partial charge in [0.15, 0.2) is 0 Å². The molecular formula is C58H115N5. The lowest BCUT2D eigenvalue weighted by Crippen LogP contribution is -2.13. The van der Waals surface area contributed by atoms with Crippen LogP contribution in [0, 0.1) is 0 Å². The van der Waals surface area contributed by atoms with Gasteiger partial charge in [-0.3, -0.25) is 0 Å². The van der Waals surface area contributed by atoms with E-state index < -0.39 is 0 Å². The van der Waals surface area contributed by atoms with Crippen LogP contribution in [0.5, 0.6) is 0 Å². The Labute approximate surface area is 396 Å². The number of unbranched alkanes of at least 4 members (excludes halogenated alkanes) is 46. The monoisotopic (exact) mass is 882 g/mol. The predicted octanol–water partition coefficient (Wildman–Crippen LogP) is 20.4. The molecule has 63 heavy (non-hydrogen) atoms. The lowest BCUT2D eigenvalue weighted by atomic mass is 10.0. The fourth-order valence-electron chi connectivity index (χ4n) is 9.44. The van der Waals surface area contributed by atoms with E-state index in [0.29, 0.717) is 0 Å². The van der Waals surface area contributed by atoms with Crippen LogP contribution in [0.15, 0.2) is 0 Å². The largest absolute Gasteiger partial charge is 0.354 e. The Morgan fingerprint density at radius 1 is 0.222 bits per heavy atom. The molecule has 0 fully saturated rings. The highest BCUT2D eigenvalue weighted by Crippen LogP contribution is 2.18. The number of hydrogen-bond donors (Lipinski definition) is 2. The number of nitrogens with zero attached hydrogens (tertiary/aromatic N) is 3. The Morgan fingerprint density at radius 2 is 0.413 bits per heavy atom. The molecule has 0 amide bonds. The number of aromatic nitrogens is 3. The van der Waals surface area contributed by atoms with Crippen molar-refractivity contribution < 1.29 is 0 Å². The molecular weight excluding hydrogens is 767 g/mol. The first-order valence-electron chi connectivity index (χ1n) is 29.5. The van der Waals surface area contributed by atoms with Crippen LogP contribution >= 0.6 is 0 Å². The number of rotatable bonds is 54. The molecule has 1 aromatic rings. The van der Waals surface area contributed by atoms with E-state index in [-0.39, 0.29) is 0 Å². The highest BCUT2D eigenvalue weighted by Gasteiger charge is 2.07. The van der Waals surface area contributed by atoms with Gasteiger partial charge in [-0.2, -0.15) is 15.0 Å². The van der Waals surface area contributed by atoms with E-state index in [1.807, 2.05) is 0 Å². The molecule has 5 nitrogen and oxygen atoms in total. The van der Waals surface area contributed by atoms with Crippen molar-refractivity contribution in [3.63, 3.8) is 0 Å². The van der Waals surface area contributed by atoms with Crippen LogP contribution in [0.2, 0.25) is 0 Å². The van der Waals surface area contributed by atoms with Crippen molar-refractivity contribution in [1.29, 1.82) is 0 Å². The maximum Gasteiger partial charge on any atom is 0.227 e. The summed E-state index contributed by atoms with van der Waals surface area (Å²) in [6.45, 7) is 8.84. The fraction of sp³-hybridized carbons (Fsp3) is 0.948. The molecule has 0 saturated carbocycles. The average molecular weight is 883 g/mol. The zero-order valence-corrected chi connectivity index (χ0v) is 43.6. The third-order valence-electron chi connectivity index (χ3n) is 13.8. The molecule has 5 heteroatoms. The number of hydrogen-bond acceptors (Lipinski definition) is 5. The van der Waals surface area contributed by atoms with Gasteiger partial charge < -0.3 is 10.6 Å². The smallest absolute Gasteiger partial charge is 0.227 e. The Morgan fingerprint density at radius 3 is 0.635 bits per heavy atom. The summed E-state index contributed by atoms with van der Waals surface area (Å²) < 4.78 is 0. The first-order chi connectivity index (χ1) is 31.3. The summed E-state index contributed by atoms with van der Waals surface area (Å²) in [5.74, 6) is 2.53. The van der Waals surface area contributed by atoms with E-state index >= 15 is 0 Å². The third kappa shape index (κ3) is 45.5. The van der Waals surface area contributed by atoms with Gasteiger partial charge in [0.2, 0.25) is 11.9 Å². The van der Waals surface area contributed by atoms with Crippen molar-refractivity contribution in [2.75, 3.05) is 23.7 Å². The number of aryl methyl sites for hydroxylation is 1. The van der Waals surface area contributed by atoms with Crippen molar-refractivity contribution in [1.82, 2.24) is 15.0 Å². The molecule has 0 saturated heterocycles. The summed E-state index contributed by atoms with van der Waals surface area (Å²) >= 11 is 0. The van der Waals surface area contributed by atoms with Crippen molar-refractivity contribution in [2.24, 2.45) is 0 Å². The normalized spacial score (nSPS) is 11.5. The van der Waals surface area contributed by atoms with Gasteiger partial charge >= 0.3 is 0 Å². The van der Waals surface area contributed by atoms with Gasteiger partial charge in [0.05, 0.1) is 0 Å². The molecule has 0 bridgehead atoms. The zero-order chi connectivity index (χ0) is 45.0. The van der Waals surface area contributed by atoms with Crippen LogP contribution in [0.4, 0.5) is 11.9 Å². The van der Waals surface area contributed by atoms with Crippen molar-refractivity contribution in [3.05, 3.63) is 5.82 Å². The highest BCUT2D eigenvalue weighted by atomic mass is 15.2. The van der Waals surface area contributed by atoms with Crippen LogP contribution < -0.4 is 10.6 Å². The number of nitrogens with one attached hydrogen (secondary N) is 2. The standard InChI is InChI=1S/C58H115N5/c1-4-7-10-13-16-19-22-25-28-31-32-35-38-41-44-47-50-53-56-61-57(59-54-51-48-45-42-39-36-33-29-26-23-20-17-14-11-8-5-2)63-58(62-56)60-55-52-49-46-43-40-37-34-30-27-24-21-18-15-12-9-6-3/h4-55H2,1-3H3,(H2,59,60,61,62,63). The highest BCUT2D eigenvalue weighted by molar-refractivity contribution is 5.34. The summed E-state index contributed by atoms with van der Waals surface area (Å²) in [6.07, 6.45) is 69.8. The van der Waals surface area contributed by atoms with E-state index in [4.69, 9.17) is 15.0 Å². The van der Waals surface area contributed by atoms with Crippen LogP contribution in [-0.4, -0.2) is 28.0 Å². The zero-order valence-electron chi connectivity index (χ0n) is 43.6. The van der Waals surface area contributed by atoms with E-state index in [1.165, 1.54) is 315 Å². The molecule has 0 aliphatic heterocycles. The molecule has 0 unspecified atom stereocenters. The molecule has 0 aliphatic carbocycles. The molecule has 2 N–H and O–H groups in total. The molecule has 372 valence electrons. The molecule has 0 radical (unpaired) electrons. The number of anilines is 2. The summed E-state index contributed by atoms with van der Waals surface area (Å²) in [5, 5.41) is 7.18. The molecule has 1 rings (SSSR count). The van der Waals surface area contributed by atoms with Gasteiger partial charge in [0.1, 0.15) is 5.82 Å². The Hall–Kier alpha value is -1.39. The Kier molecular flexibility index (Phi) is 48.8. The van der Waals surface area contributed by atoms with Gasteiger partial charge in [0, 0.05) is 19.5 Å². The minimum absolute atomic E-state index is 0.780. The molecule has 0 aliphatic rings. The average Bonchev–Trinajstić information content (AvgIpc) is 3.29. The maximum absolute atomic E-state index is 4.91. The van der Waals surface area contributed by atoms with Crippen LogP contribution in [0.1, 0.15) is 341 Å². The second-order valence-electron chi connectivity index (χ2n) is 20.3. The molecule has 1 heterocycles. The van der Waals surface area contributed by atoms with E-state index in [2.05, 4.69) is 31.4 Å². The van der Waals surface area contributed by atoms with Crippen molar-refractivity contribution in [2.45, 2.75) is 342 Å². The minimum atomic E-state index is 0.780. The van der Waals surface area contributed by atoms with Gasteiger partial charge in [-0.05, 0) is 19.3 Å². The van der Waals surface area contributed by atoms with Gasteiger partial charge in [0.25, 0.3) is 0 Å². The molecule has 1 aromatic heterocycles. The van der Waals surface area contributed by atoms with Gasteiger partial charge in [-0.25, -0.2) is 0 Å². The van der Waals surface area contributed by atoms with E-state index in [0.717, 1.165) is 37.2 Å². The van der Waals surface area contributed by atoms with Gasteiger partial charge in [-0.15, -0.1) is 0 Å². The van der Waals surface area contributed by atoms with E-state index in [9.17, 15) is 0 Å².